The van der Waals surface area contributed by atoms with Crippen LogP contribution in [0.25, 0.3) is 0 Å². The number of ketones is 1. The third-order valence-corrected chi connectivity index (χ3v) is 9.94. The predicted molar refractivity (Wildman–Crippen MR) is 120 cm³/mol. The number of halogens is 3. The molecule has 5 rings (SSSR count). The number of allylic oxidation sites excluding steroid dienone is 2. The quantitative estimate of drug-likeness (QED) is 0.457. The first-order valence-corrected chi connectivity index (χ1v) is 12.4. The number of nitrogens with zero attached hydrogens (tertiary/aromatic N) is 1. The van der Waals surface area contributed by atoms with Gasteiger partial charge in [-0.15, -0.1) is 0 Å². The van der Waals surface area contributed by atoms with Gasteiger partial charge in [0, 0.05) is 23.7 Å². The molecule has 1 heterocycles. The van der Waals surface area contributed by atoms with Gasteiger partial charge in [0.15, 0.2) is 5.78 Å². The zero-order valence-electron chi connectivity index (χ0n) is 19.5. The molecule has 0 aromatic heterocycles. The molecule has 4 nitrogen and oxygen atoms in total. The van der Waals surface area contributed by atoms with Gasteiger partial charge in [0.1, 0.15) is 0 Å². The Kier molecular flexibility index (Phi) is 5.58. The molecule has 0 aromatic rings. The van der Waals surface area contributed by atoms with Gasteiger partial charge in [0.25, 0.3) is 0 Å². The molecule has 0 spiro atoms. The number of carbonyl (C=O) groups excluding carboxylic acids is 1. The summed E-state index contributed by atoms with van der Waals surface area (Å²) in [5.74, 6) is 2.10. The van der Waals surface area contributed by atoms with E-state index in [9.17, 15) is 18.0 Å². The van der Waals surface area contributed by atoms with Gasteiger partial charge in [-0.05, 0) is 74.0 Å². The van der Waals surface area contributed by atoms with Gasteiger partial charge in [-0.1, -0.05) is 25.5 Å². The number of alkyl halides is 3. The summed E-state index contributed by atoms with van der Waals surface area (Å²) < 4.78 is 44.9. The van der Waals surface area contributed by atoms with Crippen LogP contribution in [0.4, 0.5) is 13.2 Å². The summed E-state index contributed by atoms with van der Waals surface area (Å²) in [7, 11) is 0. The number of aliphatic imine (C=N–C) groups is 1. The Hall–Kier alpha value is -1.63. The standard InChI is InChI=1S/C26H35F3N2O2/c1-15-5-8-25-14-33-23(21(25)9-15)10-17-18-3-4-20(24(18,2)7-6-19(17)25)22(32)13-31-12-16(11-30)26(27,28)29/h6,11-12,15,17-18,20-21,23H,3-5,7-10,13-14,30H2,1-2H3. The normalized spacial score (nSPS) is 44.9. The minimum atomic E-state index is -4.56. The van der Waals surface area contributed by atoms with Gasteiger partial charge < -0.3 is 10.5 Å². The monoisotopic (exact) mass is 464 g/mol. The SMILES string of the molecule is CC1CCC23COC(CC4C2=CCC2(C)C(C(=O)CN=CC(=CN)C(F)(F)F)CCC42)C3C1. The van der Waals surface area contributed by atoms with E-state index in [1.165, 1.54) is 19.3 Å². The number of carbonyl (C=O) groups is 1. The smallest absolute Gasteiger partial charge is 0.404 e. The van der Waals surface area contributed by atoms with Gasteiger partial charge >= 0.3 is 6.18 Å². The molecule has 4 aliphatic carbocycles. The molecule has 182 valence electrons. The van der Waals surface area contributed by atoms with Crippen molar-refractivity contribution >= 4 is 12.0 Å². The summed E-state index contributed by atoms with van der Waals surface area (Å²) in [5.41, 5.74) is 5.72. The Bertz CT molecular complexity index is 910. The lowest BCUT2D eigenvalue weighted by atomic mass is 9.48. The molecule has 0 amide bonds. The van der Waals surface area contributed by atoms with Gasteiger partial charge in [-0.2, -0.15) is 13.2 Å². The third-order valence-electron chi connectivity index (χ3n) is 9.94. The number of rotatable bonds is 4. The van der Waals surface area contributed by atoms with E-state index in [1.54, 1.807) is 5.57 Å². The Morgan fingerprint density at radius 2 is 2.06 bits per heavy atom. The lowest BCUT2D eigenvalue weighted by molar-refractivity contribution is -0.125. The van der Waals surface area contributed by atoms with Crippen LogP contribution >= 0.6 is 0 Å². The van der Waals surface area contributed by atoms with Crippen LogP contribution in [0.2, 0.25) is 0 Å². The number of Topliss-reactive ketones (excluding diaryl/α,β-unsaturated/α-hetero) is 1. The molecule has 0 aromatic carbocycles. The van der Waals surface area contributed by atoms with Crippen LogP contribution in [0.1, 0.15) is 58.8 Å². The van der Waals surface area contributed by atoms with Crippen LogP contribution < -0.4 is 5.73 Å². The highest BCUT2D eigenvalue weighted by Crippen LogP contribution is 2.68. The molecule has 2 N–H and O–H groups in total. The van der Waals surface area contributed by atoms with Crippen molar-refractivity contribution in [3.8, 4) is 0 Å². The fourth-order valence-corrected chi connectivity index (χ4v) is 8.31. The van der Waals surface area contributed by atoms with Crippen LogP contribution in [0, 0.1) is 40.4 Å². The van der Waals surface area contributed by atoms with E-state index in [1.807, 2.05) is 0 Å². The van der Waals surface area contributed by atoms with Gasteiger partial charge in [-0.3, -0.25) is 9.79 Å². The highest BCUT2D eigenvalue weighted by molar-refractivity contribution is 5.87. The van der Waals surface area contributed by atoms with Crippen molar-refractivity contribution in [3.63, 3.8) is 0 Å². The van der Waals surface area contributed by atoms with Crippen LogP contribution in [0.5, 0.6) is 0 Å². The predicted octanol–water partition coefficient (Wildman–Crippen LogP) is 5.24. The second-order valence-corrected chi connectivity index (χ2v) is 11.5. The average molecular weight is 465 g/mol. The summed E-state index contributed by atoms with van der Waals surface area (Å²) >= 11 is 0. The molecule has 1 saturated heterocycles. The van der Waals surface area contributed by atoms with Crippen molar-refractivity contribution in [1.82, 2.24) is 0 Å². The summed E-state index contributed by atoms with van der Waals surface area (Å²) in [6.07, 6.45) is 6.85. The number of nitrogens with two attached hydrogens (primary N) is 1. The molecule has 5 aliphatic rings. The van der Waals surface area contributed by atoms with Crippen molar-refractivity contribution in [2.75, 3.05) is 13.2 Å². The summed E-state index contributed by atoms with van der Waals surface area (Å²) in [4.78, 5) is 16.9. The van der Waals surface area contributed by atoms with Crippen LogP contribution in [0.15, 0.2) is 28.4 Å². The van der Waals surface area contributed by atoms with Crippen LogP contribution in [0.3, 0.4) is 0 Å². The van der Waals surface area contributed by atoms with E-state index >= 15 is 0 Å². The van der Waals surface area contributed by atoms with Crippen LogP contribution in [-0.4, -0.2) is 37.4 Å². The fourth-order valence-electron chi connectivity index (χ4n) is 8.31. The summed E-state index contributed by atoms with van der Waals surface area (Å²) in [5, 5.41) is 0. The molecule has 4 fully saturated rings. The Morgan fingerprint density at radius 1 is 1.27 bits per heavy atom. The van der Waals surface area contributed by atoms with Gasteiger partial charge in [0.2, 0.25) is 0 Å². The maximum atomic E-state index is 13.1. The van der Waals surface area contributed by atoms with Crippen molar-refractivity contribution in [1.29, 1.82) is 0 Å². The van der Waals surface area contributed by atoms with E-state index in [0.29, 0.717) is 36.3 Å². The van der Waals surface area contributed by atoms with E-state index in [0.717, 1.165) is 38.2 Å². The molecule has 0 radical (unpaired) electrons. The second-order valence-electron chi connectivity index (χ2n) is 11.5. The third kappa shape index (κ3) is 3.52. The number of hydrogen-bond acceptors (Lipinski definition) is 4. The lowest BCUT2D eigenvalue weighted by Gasteiger charge is -2.55. The van der Waals surface area contributed by atoms with Crippen molar-refractivity contribution in [3.05, 3.63) is 23.4 Å². The molecule has 7 heteroatoms. The summed E-state index contributed by atoms with van der Waals surface area (Å²) in [6.45, 7) is 5.22. The molecule has 33 heavy (non-hydrogen) atoms. The van der Waals surface area contributed by atoms with E-state index in [2.05, 4.69) is 24.9 Å². The largest absolute Gasteiger partial charge is 0.419 e. The molecule has 3 saturated carbocycles. The Balaban J connectivity index is 1.34. The minimum Gasteiger partial charge on any atom is -0.404 e. The highest BCUT2D eigenvalue weighted by Gasteiger charge is 2.64. The number of fused-ring (bicyclic) bond motifs is 3. The highest BCUT2D eigenvalue weighted by atomic mass is 19.4. The molecule has 8 unspecified atom stereocenters. The first kappa shape index (κ1) is 23.1. The Labute approximate surface area is 193 Å². The van der Waals surface area contributed by atoms with Crippen LogP contribution in [-0.2, 0) is 9.53 Å². The van der Waals surface area contributed by atoms with E-state index < -0.39 is 11.7 Å². The lowest BCUT2D eigenvalue weighted by Crippen LogP contribution is -2.51. The first-order valence-electron chi connectivity index (χ1n) is 12.4. The second kappa shape index (κ2) is 7.96. The zero-order valence-corrected chi connectivity index (χ0v) is 19.5. The molecular formula is C26H35F3N2O2. The van der Waals surface area contributed by atoms with Crippen molar-refractivity contribution in [2.24, 2.45) is 51.1 Å². The zero-order chi connectivity index (χ0) is 23.6. The fraction of sp³-hybridized carbons (Fsp3) is 0.769. The topological polar surface area (TPSA) is 64.7 Å². The first-order chi connectivity index (χ1) is 15.6. The van der Waals surface area contributed by atoms with E-state index in [-0.39, 0.29) is 29.1 Å². The minimum absolute atomic E-state index is 0.0517. The average Bonchev–Trinajstić information content (AvgIpc) is 3.24. The summed E-state index contributed by atoms with van der Waals surface area (Å²) in [6, 6.07) is 0. The van der Waals surface area contributed by atoms with Gasteiger partial charge in [0.05, 0.1) is 24.8 Å². The maximum Gasteiger partial charge on any atom is 0.419 e. The van der Waals surface area contributed by atoms with E-state index in [4.69, 9.17) is 10.5 Å². The number of hydrogen-bond donors (Lipinski definition) is 1. The van der Waals surface area contributed by atoms with Gasteiger partial charge in [-0.25, -0.2) is 0 Å². The number of ether oxygens (including phenoxy) is 1. The van der Waals surface area contributed by atoms with Crippen molar-refractivity contribution < 1.29 is 22.7 Å². The Morgan fingerprint density at radius 3 is 2.79 bits per heavy atom. The van der Waals surface area contributed by atoms with Crippen molar-refractivity contribution in [2.45, 2.75) is 71.1 Å². The maximum absolute atomic E-state index is 13.1. The molecule has 2 bridgehead atoms. The molecule has 8 atom stereocenters. The molecular weight excluding hydrogens is 429 g/mol. The molecule has 1 aliphatic heterocycles.